The number of rotatable bonds is 7. The number of anilines is 2. The number of benzene rings is 1. The van der Waals surface area contributed by atoms with E-state index in [1.807, 2.05) is 29.1 Å². The molecular weight excluding hydrogens is 550 g/mol. The molecule has 0 unspecified atom stereocenters. The summed E-state index contributed by atoms with van der Waals surface area (Å²) in [4.78, 5) is 20.6. The lowest BCUT2D eigenvalue weighted by Gasteiger charge is -2.30. The van der Waals surface area contributed by atoms with Gasteiger partial charge in [0, 0.05) is 66.1 Å². The van der Waals surface area contributed by atoms with E-state index in [0.717, 1.165) is 102 Å². The molecule has 10 nitrogen and oxygen atoms in total. The highest BCUT2D eigenvalue weighted by molar-refractivity contribution is 7.59. The van der Waals surface area contributed by atoms with Crippen molar-refractivity contribution < 1.29 is 14.2 Å². The Morgan fingerprint density at radius 1 is 1.07 bits per heavy atom. The number of aromatic nitrogens is 5. The zero-order valence-corrected chi connectivity index (χ0v) is 24.6. The zero-order chi connectivity index (χ0) is 27.8. The maximum atomic E-state index is 6.30. The molecule has 7 rings (SSSR count). The van der Waals surface area contributed by atoms with Crippen LogP contribution in [0.3, 0.4) is 0 Å². The van der Waals surface area contributed by atoms with Crippen LogP contribution in [-0.2, 0) is 22.5 Å². The minimum absolute atomic E-state index is 0. The van der Waals surface area contributed by atoms with Crippen molar-refractivity contribution in [3.8, 4) is 11.4 Å². The molecule has 2 fully saturated rings. The first-order valence-corrected chi connectivity index (χ1v) is 14.2. The average Bonchev–Trinajstić information content (AvgIpc) is 3.69. The van der Waals surface area contributed by atoms with Gasteiger partial charge in [-0.15, -0.1) is 0 Å². The number of ether oxygens (including phenoxy) is 3. The van der Waals surface area contributed by atoms with Gasteiger partial charge in [0.2, 0.25) is 0 Å². The Balaban J connectivity index is 0.00000316. The quantitative estimate of drug-likeness (QED) is 0.285. The summed E-state index contributed by atoms with van der Waals surface area (Å²) in [6.07, 6.45) is 10.0. The lowest BCUT2D eigenvalue weighted by atomic mass is 10.1. The molecule has 0 bridgehead atoms. The van der Waals surface area contributed by atoms with E-state index in [-0.39, 0.29) is 19.6 Å². The van der Waals surface area contributed by atoms with Crippen LogP contribution >= 0.6 is 13.5 Å². The van der Waals surface area contributed by atoms with Crippen molar-refractivity contribution >= 4 is 46.9 Å². The van der Waals surface area contributed by atoms with Crippen molar-refractivity contribution in [1.82, 2.24) is 24.5 Å². The van der Waals surface area contributed by atoms with E-state index in [1.54, 1.807) is 0 Å². The summed E-state index contributed by atoms with van der Waals surface area (Å²) in [5.41, 5.74) is 13.1. The molecule has 0 saturated carbocycles. The summed E-state index contributed by atoms with van der Waals surface area (Å²) in [5, 5.41) is 1.97. The molecule has 2 N–H and O–H groups in total. The Morgan fingerprint density at radius 3 is 2.76 bits per heavy atom. The predicted octanol–water partition coefficient (Wildman–Crippen LogP) is 4.89. The molecule has 0 aliphatic carbocycles. The van der Waals surface area contributed by atoms with E-state index < -0.39 is 0 Å². The molecule has 11 heteroatoms. The number of nitrogens with zero attached hydrogens (tertiary/aromatic N) is 6. The number of nitrogens with two attached hydrogens (primary N) is 1. The second-order valence-electron chi connectivity index (χ2n) is 10.5. The Labute approximate surface area is 251 Å². The van der Waals surface area contributed by atoms with E-state index in [0.29, 0.717) is 12.4 Å². The fraction of sp³-hybridized carbons (Fsp3) is 0.355. The minimum Gasteiger partial charge on any atom is -0.489 e. The van der Waals surface area contributed by atoms with Crippen molar-refractivity contribution in [3.05, 3.63) is 72.1 Å². The van der Waals surface area contributed by atoms with Crippen LogP contribution in [0.15, 0.2) is 55.2 Å². The molecule has 6 heterocycles. The van der Waals surface area contributed by atoms with Gasteiger partial charge in [0.05, 0.1) is 42.1 Å². The van der Waals surface area contributed by atoms with Gasteiger partial charge in [-0.2, -0.15) is 13.5 Å². The normalized spacial score (nSPS) is 17.1. The monoisotopic (exact) mass is 585 g/mol. The van der Waals surface area contributed by atoms with Gasteiger partial charge in [-0.25, -0.2) is 9.97 Å². The van der Waals surface area contributed by atoms with E-state index in [4.69, 9.17) is 24.9 Å². The van der Waals surface area contributed by atoms with E-state index in [1.165, 1.54) is 12.0 Å². The Morgan fingerprint density at radius 2 is 1.95 bits per heavy atom. The molecular formula is C31H35N7O3S. The molecule has 5 aromatic rings. The highest BCUT2D eigenvalue weighted by atomic mass is 32.1. The van der Waals surface area contributed by atoms with Gasteiger partial charge in [0.1, 0.15) is 30.1 Å². The largest absolute Gasteiger partial charge is 0.489 e. The van der Waals surface area contributed by atoms with Crippen LogP contribution in [0.1, 0.15) is 42.7 Å². The van der Waals surface area contributed by atoms with Crippen molar-refractivity contribution in [1.29, 1.82) is 0 Å². The second-order valence-corrected chi connectivity index (χ2v) is 10.5. The van der Waals surface area contributed by atoms with Gasteiger partial charge < -0.3 is 24.8 Å². The fourth-order valence-corrected chi connectivity index (χ4v) is 5.81. The third-order valence-electron chi connectivity index (χ3n) is 7.91. The maximum Gasteiger partial charge on any atom is 0.150 e. The van der Waals surface area contributed by atoms with Crippen LogP contribution in [0.2, 0.25) is 0 Å². The summed E-state index contributed by atoms with van der Waals surface area (Å²) < 4.78 is 19.8. The number of hydrogen-bond acceptors (Lipinski definition) is 9. The molecule has 1 atom stereocenters. The van der Waals surface area contributed by atoms with E-state index in [9.17, 15) is 0 Å². The number of fused-ring (bicyclic) bond motifs is 2. The maximum absolute atomic E-state index is 6.30. The molecule has 0 spiro atoms. The number of aryl methyl sites for hydroxylation is 1. The van der Waals surface area contributed by atoms with Crippen LogP contribution in [-0.4, -0.2) is 57.4 Å². The summed E-state index contributed by atoms with van der Waals surface area (Å²) >= 11 is 0. The topological polar surface area (TPSA) is 113 Å². The molecule has 0 amide bonds. The smallest absolute Gasteiger partial charge is 0.150 e. The first-order chi connectivity index (χ1) is 20.2. The summed E-state index contributed by atoms with van der Waals surface area (Å²) in [6, 6.07) is 10.4. The Kier molecular flexibility index (Phi) is 8.14. The molecule has 42 heavy (non-hydrogen) atoms. The summed E-state index contributed by atoms with van der Waals surface area (Å²) in [6.45, 7) is 6.50. The molecule has 2 aliphatic rings. The lowest BCUT2D eigenvalue weighted by Crippen LogP contribution is -2.36. The highest BCUT2D eigenvalue weighted by Gasteiger charge is 2.25. The zero-order valence-electron chi connectivity index (χ0n) is 23.6. The molecule has 2 saturated heterocycles. The SMILES string of the molecule is CCc1cc(N2CCOCC2)c2ccc(OCc3cncc(-n4cc([C@@H]5CCCO5)c5c(N)ncnc54)c3)cc2n1.S. The molecule has 1 aromatic carbocycles. The van der Waals surface area contributed by atoms with Gasteiger partial charge in [0.25, 0.3) is 0 Å². The van der Waals surface area contributed by atoms with Gasteiger partial charge >= 0.3 is 0 Å². The Bertz CT molecular complexity index is 1710. The van der Waals surface area contributed by atoms with Crippen LogP contribution in [0.25, 0.3) is 27.6 Å². The van der Waals surface area contributed by atoms with Crippen LogP contribution < -0.4 is 15.4 Å². The first-order valence-electron chi connectivity index (χ1n) is 14.2. The molecule has 218 valence electrons. The van der Waals surface area contributed by atoms with Crippen LogP contribution in [0, 0.1) is 0 Å². The van der Waals surface area contributed by atoms with Crippen LogP contribution in [0.4, 0.5) is 11.5 Å². The second kappa shape index (κ2) is 12.1. The predicted molar refractivity (Wildman–Crippen MR) is 168 cm³/mol. The van der Waals surface area contributed by atoms with E-state index >= 15 is 0 Å². The summed E-state index contributed by atoms with van der Waals surface area (Å²) in [5.74, 6) is 1.23. The average molecular weight is 586 g/mol. The van der Waals surface area contributed by atoms with Gasteiger partial charge in [-0.3, -0.25) is 14.5 Å². The third-order valence-corrected chi connectivity index (χ3v) is 7.91. The van der Waals surface area contributed by atoms with Gasteiger partial charge in [-0.1, -0.05) is 6.92 Å². The van der Waals surface area contributed by atoms with Crippen molar-refractivity contribution in [2.24, 2.45) is 0 Å². The summed E-state index contributed by atoms with van der Waals surface area (Å²) in [7, 11) is 0. The van der Waals surface area contributed by atoms with Crippen molar-refractivity contribution in [2.75, 3.05) is 43.5 Å². The Hall–Kier alpha value is -3.93. The highest BCUT2D eigenvalue weighted by Crippen LogP contribution is 2.37. The lowest BCUT2D eigenvalue weighted by molar-refractivity contribution is 0.113. The van der Waals surface area contributed by atoms with Crippen LogP contribution in [0.5, 0.6) is 5.75 Å². The molecule has 4 aromatic heterocycles. The number of nitrogen functional groups attached to an aromatic ring is 1. The molecule has 2 aliphatic heterocycles. The minimum atomic E-state index is -0.00924. The van der Waals surface area contributed by atoms with Gasteiger partial charge in [-0.05, 0) is 43.5 Å². The standard InChI is InChI=1S/C31H33N7O3.H2S/c1-2-21-13-27(37-7-10-39-11-8-37)24-6-5-23(14-26(24)36-21)41-18-20-12-22(16-33-15-20)38-17-25(28-4-3-9-40-28)29-30(32)34-19-35-31(29)38;/h5-6,12-17,19,28H,2-4,7-11,18H2,1H3,(H2,32,34,35);1H2/t28-;/m0./s1. The van der Waals surface area contributed by atoms with Crippen molar-refractivity contribution in [3.63, 3.8) is 0 Å². The molecule has 0 radical (unpaired) electrons. The first kappa shape index (κ1) is 28.2. The number of morpholine rings is 1. The fourth-order valence-electron chi connectivity index (χ4n) is 5.81. The number of pyridine rings is 2. The van der Waals surface area contributed by atoms with Crippen molar-refractivity contribution in [2.45, 2.75) is 38.9 Å². The van der Waals surface area contributed by atoms with E-state index in [2.05, 4.69) is 51.2 Å². The third kappa shape index (κ3) is 5.35. The number of hydrogen-bond donors (Lipinski definition) is 1. The van der Waals surface area contributed by atoms with Gasteiger partial charge in [0.15, 0.2) is 0 Å².